The summed E-state index contributed by atoms with van der Waals surface area (Å²) >= 11 is 1.61. The van der Waals surface area contributed by atoms with Crippen molar-refractivity contribution in [3.63, 3.8) is 0 Å². The topological polar surface area (TPSA) is 33.1 Å². The first-order valence-electron chi connectivity index (χ1n) is 3.89. The first kappa shape index (κ1) is 8.68. The first-order chi connectivity index (χ1) is 5.33. The fourth-order valence-corrected chi connectivity index (χ4v) is 1.68. The molecule has 1 N–H and O–H groups in total. The molecule has 11 heavy (non-hydrogen) atoms. The monoisotopic (exact) mass is 171 g/mol. The van der Waals surface area contributed by atoms with E-state index in [1.165, 1.54) is 0 Å². The minimum absolute atomic E-state index is 0.203. The lowest BCUT2D eigenvalue weighted by Crippen LogP contribution is -2.09. The van der Waals surface area contributed by atoms with Crippen LogP contribution in [0.1, 0.15) is 24.8 Å². The van der Waals surface area contributed by atoms with E-state index in [-0.39, 0.29) is 6.10 Å². The van der Waals surface area contributed by atoms with Gasteiger partial charge in [0.1, 0.15) is 0 Å². The Morgan fingerprint density at radius 3 is 3.09 bits per heavy atom. The Labute approximate surface area is 70.9 Å². The van der Waals surface area contributed by atoms with Crippen molar-refractivity contribution >= 4 is 11.3 Å². The highest BCUT2D eigenvalue weighted by atomic mass is 32.1. The van der Waals surface area contributed by atoms with E-state index < -0.39 is 0 Å². The molecule has 0 radical (unpaired) electrons. The molecule has 3 heteroatoms. The molecule has 1 atom stereocenters. The van der Waals surface area contributed by atoms with Gasteiger partial charge in [0.05, 0.1) is 11.1 Å². The Kier molecular flexibility index (Phi) is 3.52. The molecule has 0 saturated heterocycles. The molecule has 1 unspecified atom stereocenters. The Hall–Kier alpha value is -0.410. The van der Waals surface area contributed by atoms with Crippen molar-refractivity contribution < 1.29 is 5.11 Å². The van der Waals surface area contributed by atoms with Crippen molar-refractivity contribution in [2.45, 2.75) is 32.3 Å². The third-order valence-electron chi connectivity index (χ3n) is 1.52. The predicted molar refractivity (Wildman–Crippen MR) is 46.7 cm³/mol. The molecule has 0 bridgehead atoms. The summed E-state index contributed by atoms with van der Waals surface area (Å²) in [5, 5.41) is 12.4. The van der Waals surface area contributed by atoms with Crippen molar-refractivity contribution in [3.05, 3.63) is 16.6 Å². The lowest BCUT2D eigenvalue weighted by Gasteiger charge is -2.05. The lowest BCUT2D eigenvalue weighted by atomic mass is 10.1. The van der Waals surface area contributed by atoms with Crippen LogP contribution in [0.5, 0.6) is 0 Å². The summed E-state index contributed by atoms with van der Waals surface area (Å²) in [6.45, 7) is 2.07. The van der Waals surface area contributed by atoms with Crippen molar-refractivity contribution in [2.75, 3.05) is 0 Å². The van der Waals surface area contributed by atoms with Crippen LogP contribution in [0.25, 0.3) is 0 Å². The largest absolute Gasteiger partial charge is 0.393 e. The van der Waals surface area contributed by atoms with E-state index in [0.717, 1.165) is 17.8 Å². The maximum absolute atomic E-state index is 9.39. The van der Waals surface area contributed by atoms with Crippen LogP contribution in [0.4, 0.5) is 0 Å². The number of thiazole rings is 1. The number of aliphatic hydroxyl groups excluding tert-OH is 1. The smallest absolute Gasteiger partial charge is 0.0950 e. The number of aliphatic hydroxyl groups is 1. The van der Waals surface area contributed by atoms with Gasteiger partial charge in [-0.1, -0.05) is 13.3 Å². The number of hydrogen-bond acceptors (Lipinski definition) is 3. The number of aromatic nitrogens is 1. The maximum Gasteiger partial charge on any atom is 0.0950 e. The van der Waals surface area contributed by atoms with Crippen molar-refractivity contribution in [1.82, 2.24) is 4.98 Å². The van der Waals surface area contributed by atoms with Crippen molar-refractivity contribution in [3.8, 4) is 0 Å². The van der Waals surface area contributed by atoms with Gasteiger partial charge in [0.25, 0.3) is 0 Å². The fourth-order valence-electron chi connectivity index (χ4n) is 0.991. The standard InChI is InChI=1S/C8H13NOS/c1-2-3-7(10)6-8-9-4-5-11-8/h4-5,7,10H,2-3,6H2,1H3. The van der Waals surface area contributed by atoms with E-state index in [4.69, 9.17) is 0 Å². The molecule has 0 amide bonds. The number of hydrogen-bond donors (Lipinski definition) is 1. The van der Waals surface area contributed by atoms with E-state index in [2.05, 4.69) is 11.9 Å². The molecule has 0 saturated carbocycles. The maximum atomic E-state index is 9.39. The highest BCUT2D eigenvalue weighted by molar-refractivity contribution is 7.09. The minimum atomic E-state index is -0.203. The van der Waals surface area contributed by atoms with Crippen molar-refractivity contribution in [1.29, 1.82) is 0 Å². The van der Waals surface area contributed by atoms with Gasteiger partial charge in [0, 0.05) is 18.0 Å². The zero-order valence-corrected chi connectivity index (χ0v) is 7.47. The normalized spacial score (nSPS) is 13.3. The number of rotatable bonds is 4. The molecular weight excluding hydrogens is 158 g/mol. The van der Waals surface area contributed by atoms with Crippen LogP contribution in [-0.2, 0) is 6.42 Å². The third-order valence-corrected chi connectivity index (χ3v) is 2.32. The molecule has 1 aromatic heterocycles. The summed E-state index contributed by atoms with van der Waals surface area (Å²) < 4.78 is 0. The molecule has 0 aliphatic heterocycles. The van der Waals surface area contributed by atoms with Crippen LogP contribution in [-0.4, -0.2) is 16.2 Å². The minimum Gasteiger partial charge on any atom is -0.393 e. The fraction of sp³-hybridized carbons (Fsp3) is 0.625. The second-order valence-electron chi connectivity index (χ2n) is 2.57. The Balaban J connectivity index is 2.31. The molecule has 0 aliphatic rings. The Morgan fingerprint density at radius 1 is 1.73 bits per heavy atom. The predicted octanol–water partition coefficient (Wildman–Crippen LogP) is 1.85. The molecule has 0 fully saturated rings. The molecule has 1 rings (SSSR count). The summed E-state index contributed by atoms with van der Waals surface area (Å²) in [7, 11) is 0. The summed E-state index contributed by atoms with van der Waals surface area (Å²) in [4.78, 5) is 4.10. The van der Waals surface area contributed by atoms with Gasteiger partial charge in [-0.25, -0.2) is 4.98 Å². The quantitative estimate of drug-likeness (QED) is 0.750. The highest BCUT2D eigenvalue weighted by Crippen LogP contribution is 2.09. The van der Waals surface area contributed by atoms with E-state index in [9.17, 15) is 5.11 Å². The molecule has 1 aromatic rings. The molecule has 0 aromatic carbocycles. The first-order valence-corrected chi connectivity index (χ1v) is 4.77. The Bertz CT molecular complexity index is 186. The average molecular weight is 171 g/mol. The lowest BCUT2D eigenvalue weighted by molar-refractivity contribution is 0.164. The highest BCUT2D eigenvalue weighted by Gasteiger charge is 2.04. The van der Waals surface area contributed by atoms with Crippen LogP contribution in [0.3, 0.4) is 0 Å². The van der Waals surface area contributed by atoms with E-state index in [1.807, 2.05) is 5.38 Å². The van der Waals surface area contributed by atoms with E-state index >= 15 is 0 Å². The van der Waals surface area contributed by atoms with Gasteiger partial charge in [-0.15, -0.1) is 11.3 Å². The van der Waals surface area contributed by atoms with Crippen LogP contribution >= 0.6 is 11.3 Å². The van der Waals surface area contributed by atoms with Gasteiger partial charge in [-0.3, -0.25) is 0 Å². The molecular formula is C8H13NOS. The van der Waals surface area contributed by atoms with Crippen molar-refractivity contribution in [2.24, 2.45) is 0 Å². The van der Waals surface area contributed by atoms with Gasteiger partial charge < -0.3 is 5.11 Å². The molecule has 0 aliphatic carbocycles. The van der Waals surface area contributed by atoms with E-state index in [0.29, 0.717) is 6.42 Å². The zero-order chi connectivity index (χ0) is 8.10. The summed E-state index contributed by atoms with van der Waals surface area (Å²) in [5.41, 5.74) is 0. The second kappa shape index (κ2) is 4.46. The third kappa shape index (κ3) is 2.99. The summed E-state index contributed by atoms with van der Waals surface area (Å²) in [5.74, 6) is 0. The summed E-state index contributed by atoms with van der Waals surface area (Å²) in [6, 6.07) is 0. The molecule has 2 nitrogen and oxygen atoms in total. The van der Waals surface area contributed by atoms with Gasteiger partial charge >= 0.3 is 0 Å². The van der Waals surface area contributed by atoms with E-state index in [1.54, 1.807) is 17.5 Å². The molecule has 62 valence electrons. The van der Waals surface area contributed by atoms with Gasteiger partial charge in [-0.05, 0) is 6.42 Å². The number of nitrogens with zero attached hydrogens (tertiary/aromatic N) is 1. The van der Waals surface area contributed by atoms with Crippen LogP contribution < -0.4 is 0 Å². The van der Waals surface area contributed by atoms with Crippen LogP contribution in [0, 0.1) is 0 Å². The van der Waals surface area contributed by atoms with Gasteiger partial charge in [-0.2, -0.15) is 0 Å². The second-order valence-corrected chi connectivity index (χ2v) is 3.55. The molecule has 1 heterocycles. The van der Waals surface area contributed by atoms with Crippen LogP contribution in [0.2, 0.25) is 0 Å². The molecule has 0 spiro atoms. The van der Waals surface area contributed by atoms with Gasteiger partial charge in [0.15, 0.2) is 0 Å². The van der Waals surface area contributed by atoms with Gasteiger partial charge in [0.2, 0.25) is 0 Å². The SMILES string of the molecule is CCCC(O)Cc1nccs1. The zero-order valence-electron chi connectivity index (χ0n) is 6.66. The summed E-state index contributed by atoms with van der Waals surface area (Å²) in [6.07, 6.45) is 4.20. The van der Waals surface area contributed by atoms with Crippen LogP contribution in [0.15, 0.2) is 11.6 Å². The average Bonchev–Trinajstić information content (AvgIpc) is 2.40. The Morgan fingerprint density at radius 2 is 2.55 bits per heavy atom.